The lowest BCUT2D eigenvalue weighted by Gasteiger charge is -2.28. The van der Waals surface area contributed by atoms with Crippen LogP contribution in [0, 0.1) is 6.92 Å². The van der Waals surface area contributed by atoms with Gasteiger partial charge in [-0.2, -0.15) is 0 Å². The third-order valence-electron chi connectivity index (χ3n) is 7.55. The Balaban J connectivity index is 1.42. The third kappa shape index (κ3) is 5.59. The molecule has 0 spiro atoms. The number of nitrogens with one attached hydrogen (secondary N) is 2. The molecule has 3 aromatic rings. The molecule has 5 heteroatoms. The van der Waals surface area contributed by atoms with Crippen LogP contribution in [0.25, 0.3) is 10.9 Å². The number of rotatable bonds is 8. The van der Waals surface area contributed by atoms with Gasteiger partial charge < -0.3 is 19.9 Å². The molecule has 0 amide bonds. The number of benzene rings is 2. The van der Waals surface area contributed by atoms with Crippen LogP contribution in [-0.4, -0.2) is 48.3 Å². The van der Waals surface area contributed by atoms with Crippen molar-refractivity contribution in [3.8, 4) is 0 Å². The van der Waals surface area contributed by atoms with Crippen LogP contribution in [-0.2, 0) is 4.74 Å². The summed E-state index contributed by atoms with van der Waals surface area (Å²) in [5.41, 5.74) is 5.60. The number of ether oxygens (including phenoxy) is 1. The number of aryl methyl sites for hydroxylation is 1. The van der Waals surface area contributed by atoms with Gasteiger partial charge >= 0.3 is 0 Å². The van der Waals surface area contributed by atoms with Crippen LogP contribution in [0.2, 0.25) is 0 Å². The van der Waals surface area contributed by atoms with Gasteiger partial charge in [0.05, 0.1) is 12.7 Å². The van der Waals surface area contributed by atoms with Crippen molar-refractivity contribution in [3.05, 3.63) is 71.4 Å². The molecule has 2 N–H and O–H groups in total. The molecule has 2 aliphatic rings. The van der Waals surface area contributed by atoms with Crippen LogP contribution in [0.4, 0.5) is 0 Å². The molecule has 34 heavy (non-hydrogen) atoms. The highest BCUT2D eigenvalue weighted by atomic mass is 79.9. The van der Waals surface area contributed by atoms with Crippen LogP contribution in [0.5, 0.6) is 0 Å². The highest BCUT2D eigenvalue weighted by Crippen LogP contribution is 2.40. The van der Waals surface area contributed by atoms with E-state index in [0.717, 1.165) is 39.2 Å². The van der Waals surface area contributed by atoms with Gasteiger partial charge in [0.15, 0.2) is 0 Å². The Morgan fingerprint density at radius 1 is 1.18 bits per heavy atom. The van der Waals surface area contributed by atoms with Crippen molar-refractivity contribution < 1.29 is 4.74 Å². The maximum atomic E-state index is 5.87. The summed E-state index contributed by atoms with van der Waals surface area (Å²) >= 11 is 3.91. The first-order valence-electron chi connectivity index (χ1n) is 13.0. The first-order chi connectivity index (χ1) is 16.7. The molecule has 1 aliphatic heterocycles. The molecule has 182 valence electrons. The lowest BCUT2D eigenvalue weighted by atomic mass is 9.87. The summed E-state index contributed by atoms with van der Waals surface area (Å²) in [4.78, 5) is 0.629. The summed E-state index contributed by atoms with van der Waals surface area (Å²) in [5, 5.41) is 8.52. The summed E-state index contributed by atoms with van der Waals surface area (Å²) in [7, 11) is 0. The van der Waals surface area contributed by atoms with Crippen molar-refractivity contribution in [3.63, 3.8) is 0 Å². The first kappa shape index (κ1) is 24.1. The Kier molecular flexibility index (Phi) is 8.05. The molecule has 2 heterocycles. The normalized spacial score (nSPS) is 24.4. The Morgan fingerprint density at radius 2 is 2.09 bits per heavy atom. The fourth-order valence-corrected chi connectivity index (χ4v) is 6.57. The number of halogens is 1. The molecular weight excluding hydrogens is 486 g/mol. The van der Waals surface area contributed by atoms with E-state index in [1.54, 1.807) is 0 Å². The maximum absolute atomic E-state index is 5.87. The number of morpholine rings is 1. The minimum Gasteiger partial charge on any atom is -0.374 e. The predicted octanol–water partition coefficient (Wildman–Crippen LogP) is 5.93. The van der Waals surface area contributed by atoms with Crippen molar-refractivity contribution in [2.75, 3.05) is 32.8 Å². The monoisotopic (exact) mass is 523 g/mol. The predicted molar refractivity (Wildman–Crippen MR) is 145 cm³/mol. The Hall–Kier alpha value is -1.66. The van der Waals surface area contributed by atoms with E-state index in [2.05, 4.69) is 92.8 Å². The van der Waals surface area contributed by atoms with Crippen LogP contribution >= 0.6 is 15.9 Å². The topological polar surface area (TPSA) is 38.2 Å². The summed E-state index contributed by atoms with van der Waals surface area (Å²) in [6.45, 7) is 6.81. The number of hydrogen-bond donors (Lipinski definition) is 2. The first-order valence-corrected chi connectivity index (χ1v) is 13.9. The van der Waals surface area contributed by atoms with Gasteiger partial charge in [-0.1, -0.05) is 70.4 Å². The molecule has 0 bridgehead atoms. The van der Waals surface area contributed by atoms with Gasteiger partial charge in [0.2, 0.25) is 0 Å². The SMILES string of the molecule is Cc1cccc(C(CCNCC2CNCCO2)c2cn(C3CCCC(Br)C3)c3ccccc23)c1. The maximum Gasteiger partial charge on any atom is 0.0824 e. The molecule has 1 saturated carbocycles. The van der Waals surface area contributed by atoms with E-state index < -0.39 is 0 Å². The van der Waals surface area contributed by atoms with E-state index in [1.807, 2.05) is 0 Å². The molecule has 4 nitrogen and oxygen atoms in total. The van der Waals surface area contributed by atoms with Crippen LogP contribution < -0.4 is 10.6 Å². The summed E-state index contributed by atoms with van der Waals surface area (Å²) in [5.74, 6) is 0.368. The minimum atomic E-state index is 0.275. The minimum absolute atomic E-state index is 0.275. The van der Waals surface area contributed by atoms with Gasteiger partial charge in [-0.3, -0.25) is 0 Å². The van der Waals surface area contributed by atoms with Crippen LogP contribution in [0.15, 0.2) is 54.7 Å². The van der Waals surface area contributed by atoms with E-state index in [1.165, 1.54) is 53.3 Å². The fraction of sp³-hybridized carbons (Fsp3) is 0.517. The van der Waals surface area contributed by atoms with Crippen molar-refractivity contribution in [1.82, 2.24) is 15.2 Å². The molecule has 2 aromatic carbocycles. The van der Waals surface area contributed by atoms with Crippen molar-refractivity contribution >= 4 is 26.8 Å². The average molecular weight is 525 g/mol. The van der Waals surface area contributed by atoms with Gasteiger partial charge in [-0.15, -0.1) is 0 Å². The Bertz CT molecular complexity index is 1070. The average Bonchev–Trinajstić information content (AvgIpc) is 3.24. The summed E-state index contributed by atoms with van der Waals surface area (Å²) in [6, 6.07) is 18.7. The number of aromatic nitrogens is 1. The molecule has 1 aliphatic carbocycles. The summed E-state index contributed by atoms with van der Waals surface area (Å²) < 4.78 is 8.47. The zero-order chi connectivity index (χ0) is 23.3. The molecule has 5 rings (SSSR count). The Morgan fingerprint density at radius 3 is 2.91 bits per heavy atom. The largest absolute Gasteiger partial charge is 0.374 e. The van der Waals surface area contributed by atoms with Gasteiger partial charge in [-0.25, -0.2) is 0 Å². The van der Waals surface area contributed by atoms with Crippen LogP contribution in [0.3, 0.4) is 0 Å². The third-order valence-corrected chi connectivity index (χ3v) is 8.39. The molecule has 4 unspecified atom stereocenters. The standard InChI is InChI=1S/C29H38BrN3O/c1-21-6-4-7-22(16-21)26(12-13-31-18-25-19-32-14-15-34-25)28-20-33(24-9-5-8-23(30)17-24)29-11-3-2-10-27(28)29/h2-4,6-7,10-11,16,20,23-26,31-32H,5,8-9,12-15,17-19H2,1H3. The highest BCUT2D eigenvalue weighted by Gasteiger charge is 2.26. The molecule has 2 fully saturated rings. The van der Waals surface area contributed by atoms with Crippen molar-refractivity contribution in [2.45, 2.75) is 61.9 Å². The zero-order valence-corrected chi connectivity index (χ0v) is 21.9. The second kappa shape index (κ2) is 11.4. The second-order valence-electron chi connectivity index (χ2n) is 10.1. The van der Waals surface area contributed by atoms with E-state index in [9.17, 15) is 0 Å². The lowest BCUT2D eigenvalue weighted by molar-refractivity contribution is 0.0293. The van der Waals surface area contributed by atoms with E-state index in [-0.39, 0.29) is 6.10 Å². The number of fused-ring (bicyclic) bond motifs is 1. The van der Waals surface area contributed by atoms with E-state index in [4.69, 9.17) is 4.74 Å². The molecule has 4 atom stereocenters. The van der Waals surface area contributed by atoms with Gasteiger partial charge in [0, 0.05) is 53.5 Å². The number of hydrogen-bond acceptors (Lipinski definition) is 3. The van der Waals surface area contributed by atoms with E-state index >= 15 is 0 Å². The van der Waals surface area contributed by atoms with Gasteiger partial charge in [-0.05, 0) is 56.3 Å². The smallest absolute Gasteiger partial charge is 0.0824 e. The van der Waals surface area contributed by atoms with Gasteiger partial charge in [0.1, 0.15) is 0 Å². The van der Waals surface area contributed by atoms with Gasteiger partial charge in [0.25, 0.3) is 0 Å². The van der Waals surface area contributed by atoms with E-state index in [0.29, 0.717) is 16.8 Å². The second-order valence-corrected chi connectivity index (χ2v) is 11.4. The molecule has 1 aromatic heterocycles. The lowest BCUT2D eigenvalue weighted by Crippen LogP contribution is -2.44. The zero-order valence-electron chi connectivity index (χ0n) is 20.3. The van der Waals surface area contributed by atoms with Crippen molar-refractivity contribution in [2.24, 2.45) is 0 Å². The Labute approximate surface area is 212 Å². The van der Waals surface area contributed by atoms with Crippen molar-refractivity contribution in [1.29, 1.82) is 0 Å². The molecule has 1 saturated heterocycles. The molecular formula is C29H38BrN3O. The number of alkyl halides is 1. The quantitative estimate of drug-likeness (QED) is 0.284. The highest BCUT2D eigenvalue weighted by molar-refractivity contribution is 9.09. The number of nitrogens with zero attached hydrogens (tertiary/aromatic N) is 1. The van der Waals surface area contributed by atoms with Crippen LogP contribution in [0.1, 0.15) is 60.8 Å². The fourth-order valence-electron chi connectivity index (χ4n) is 5.82. The molecule has 0 radical (unpaired) electrons. The number of para-hydroxylation sites is 1. The summed E-state index contributed by atoms with van der Waals surface area (Å²) in [6.07, 6.45) is 8.91.